The SMILES string of the molecule is O=C(O)CC1CCCN1C(=O)NCCCn1cccn1. The van der Waals surface area contributed by atoms with Gasteiger partial charge in [0.2, 0.25) is 0 Å². The first kappa shape index (κ1) is 14.4. The Bertz CT molecular complexity index is 446. The van der Waals surface area contributed by atoms with Crippen LogP contribution in [0.5, 0.6) is 0 Å². The molecule has 1 aromatic heterocycles. The second-order valence-electron chi connectivity index (χ2n) is 4.94. The first-order valence-corrected chi connectivity index (χ1v) is 6.90. The number of likely N-dealkylation sites (tertiary alicyclic amines) is 1. The summed E-state index contributed by atoms with van der Waals surface area (Å²) in [6.07, 6.45) is 6.07. The molecule has 0 saturated carbocycles. The van der Waals surface area contributed by atoms with E-state index < -0.39 is 5.97 Å². The monoisotopic (exact) mass is 280 g/mol. The lowest BCUT2D eigenvalue weighted by molar-refractivity contribution is -0.137. The fourth-order valence-corrected chi connectivity index (χ4v) is 2.49. The van der Waals surface area contributed by atoms with Crippen molar-refractivity contribution in [3.05, 3.63) is 18.5 Å². The van der Waals surface area contributed by atoms with Gasteiger partial charge in [0.15, 0.2) is 0 Å². The number of hydrogen-bond donors (Lipinski definition) is 2. The highest BCUT2D eigenvalue weighted by Gasteiger charge is 2.29. The number of urea groups is 1. The first-order valence-electron chi connectivity index (χ1n) is 6.90. The van der Waals surface area contributed by atoms with Crippen LogP contribution in [0.25, 0.3) is 0 Å². The minimum absolute atomic E-state index is 0.0285. The molecule has 1 aromatic rings. The summed E-state index contributed by atoms with van der Waals surface area (Å²) in [5, 5.41) is 15.8. The molecule has 2 N–H and O–H groups in total. The van der Waals surface area contributed by atoms with Crippen LogP contribution in [0.15, 0.2) is 18.5 Å². The van der Waals surface area contributed by atoms with Crippen molar-refractivity contribution < 1.29 is 14.7 Å². The predicted molar refractivity (Wildman–Crippen MR) is 72.2 cm³/mol. The Kier molecular flexibility index (Phi) is 4.97. The molecule has 1 aliphatic heterocycles. The standard InChI is InChI=1S/C13H20N4O3/c18-12(19)10-11-4-1-9-17(11)13(20)14-5-2-7-16-8-3-6-15-16/h3,6,8,11H,1-2,4-5,7,9-10H2,(H,14,20)(H,18,19). The molecule has 7 heteroatoms. The molecule has 1 unspecified atom stereocenters. The lowest BCUT2D eigenvalue weighted by Gasteiger charge is -2.23. The van der Waals surface area contributed by atoms with Crippen molar-refractivity contribution in [2.45, 2.75) is 38.3 Å². The Morgan fingerprint density at radius 3 is 3.00 bits per heavy atom. The van der Waals surface area contributed by atoms with Crippen LogP contribution in [-0.2, 0) is 11.3 Å². The van der Waals surface area contributed by atoms with E-state index in [0.717, 1.165) is 25.8 Å². The Balaban J connectivity index is 1.69. The number of carboxylic acids is 1. The fraction of sp³-hybridized carbons (Fsp3) is 0.615. The molecular formula is C13H20N4O3. The Hall–Kier alpha value is -2.05. The Labute approximate surface area is 117 Å². The molecule has 2 rings (SSSR count). The summed E-state index contributed by atoms with van der Waals surface area (Å²) in [5.74, 6) is -0.853. The first-order chi connectivity index (χ1) is 9.66. The molecule has 2 heterocycles. The number of aromatic nitrogens is 2. The summed E-state index contributed by atoms with van der Waals surface area (Å²) in [5.41, 5.74) is 0. The molecule has 7 nitrogen and oxygen atoms in total. The number of rotatable bonds is 6. The number of amides is 2. The van der Waals surface area contributed by atoms with Crippen molar-refractivity contribution in [2.24, 2.45) is 0 Å². The molecule has 110 valence electrons. The van der Waals surface area contributed by atoms with Gasteiger partial charge in [0, 0.05) is 38.1 Å². The summed E-state index contributed by atoms with van der Waals surface area (Å²) >= 11 is 0. The molecule has 1 atom stereocenters. The van der Waals surface area contributed by atoms with Gasteiger partial charge < -0.3 is 15.3 Å². The van der Waals surface area contributed by atoms with E-state index >= 15 is 0 Å². The zero-order valence-corrected chi connectivity index (χ0v) is 11.4. The minimum atomic E-state index is -0.853. The normalized spacial score (nSPS) is 18.2. The van der Waals surface area contributed by atoms with Gasteiger partial charge in [-0.1, -0.05) is 0 Å². The van der Waals surface area contributed by atoms with Crippen LogP contribution in [-0.4, -0.2) is 50.9 Å². The highest BCUT2D eigenvalue weighted by Crippen LogP contribution is 2.19. The van der Waals surface area contributed by atoms with Crippen molar-refractivity contribution >= 4 is 12.0 Å². The van der Waals surface area contributed by atoms with E-state index in [0.29, 0.717) is 13.1 Å². The Morgan fingerprint density at radius 1 is 1.45 bits per heavy atom. The summed E-state index contributed by atoms with van der Waals surface area (Å²) < 4.78 is 1.81. The van der Waals surface area contributed by atoms with Crippen molar-refractivity contribution in [2.75, 3.05) is 13.1 Å². The van der Waals surface area contributed by atoms with Gasteiger partial charge in [0.05, 0.1) is 6.42 Å². The second kappa shape index (κ2) is 6.93. The number of nitrogens with one attached hydrogen (secondary N) is 1. The molecule has 1 fully saturated rings. The maximum absolute atomic E-state index is 12.0. The third-order valence-electron chi connectivity index (χ3n) is 3.45. The summed E-state index contributed by atoms with van der Waals surface area (Å²) in [6.45, 7) is 1.96. The van der Waals surface area contributed by atoms with E-state index in [-0.39, 0.29) is 18.5 Å². The zero-order chi connectivity index (χ0) is 14.4. The van der Waals surface area contributed by atoms with Crippen LogP contribution >= 0.6 is 0 Å². The topological polar surface area (TPSA) is 87.5 Å². The maximum atomic E-state index is 12.0. The molecule has 0 bridgehead atoms. The molecule has 20 heavy (non-hydrogen) atoms. The number of aryl methyl sites for hydroxylation is 1. The quantitative estimate of drug-likeness (QED) is 0.759. The number of carbonyl (C=O) groups is 2. The van der Waals surface area contributed by atoms with Gasteiger partial charge in [0.1, 0.15) is 0 Å². The zero-order valence-electron chi connectivity index (χ0n) is 11.4. The second-order valence-corrected chi connectivity index (χ2v) is 4.94. The minimum Gasteiger partial charge on any atom is -0.481 e. The number of aliphatic carboxylic acids is 1. The van der Waals surface area contributed by atoms with E-state index in [1.165, 1.54) is 0 Å². The van der Waals surface area contributed by atoms with Crippen molar-refractivity contribution in [1.82, 2.24) is 20.0 Å². The average Bonchev–Trinajstić information content (AvgIpc) is 3.04. The third kappa shape index (κ3) is 3.97. The van der Waals surface area contributed by atoms with Crippen LogP contribution < -0.4 is 5.32 Å². The largest absolute Gasteiger partial charge is 0.481 e. The fourth-order valence-electron chi connectivity index (χ4n) is 2.49. The maximum Gasteiger partial charge on any atom is 0.317 e. The lowest BCUT2D eigenvalue weighted by Crippen LogP contribution is -2.43. The summed E-state index contributed by atoms with van der Waals surface area (Å²) in [4.78, 5) is 24.4. The highest BCUT2D eigenvalue weighted by molar-refractivity contribution is 5.76. The lowest BCUT2D eigenvalue weighted by atomic mass is 10.1. The summed E-state index contributed by atoms with van der Waals surface area (Å²) in [6, 6.07) is 1.53. The van der Waals surface area contributed by atoms with Crippen LogP contribution in [0.3, 0.4) is 0 Å². The molecule has 1 aliphatic rings. The number of nitrogens with zero attached hydrogens (tertiary/aromatic N) is 3. The van der Waals surface area contributed by atoms with Gasteiger partial charge in [-0.3, -0.25) is 9.48 Å². The van der Waals surface area contributed by atoms with Crippen LogP contribution in [0.4, 0.5) is 4.79 Å². The third-order valence-corrected chi connectivity index (χ3v) is 3.45. The van der Waals surface area contributed by atoms with Crippen LogP contribution in [0.1, 0.15) is 25.7 Å². The Morgan fingerprint density at radius 2 is 2.30 bits per heavy atom. The molecule has 0 aliphatic carbocycles. The van der Waals surface area contributed by atoms with Crippen LogP contribution in [0, 0.1) is 0 Å². The van der Waals surface area contributed by atoms with Gasteiger partial charge in [-0.25, -0.2) is 4.79 Å². The highest BCUT2D eigenvalue weighted by atomic mass is 16.4. The van der Waals surface area contributed by atoms with E-state index in [1.54, 1.807) is 11.1 Å². The van der Waals surface area contributed by atoms with Crippen molar-refractivity contribution in [3.8, 4) is 0 Å². The van der Waals surface area contributed by atoms with Gasteiger partial charge in [0.25, 0.3) is 0 Å². The number of carbonyl (C=O) groups excluding carboxylic acids is 1. The van der Waals surface area contributed by atoms with Gasteiger partial charge in [-0.05, 0) is 25.3 Å². The van der Waals surface area contributed by atoms with E-state index in [2.05, 4.69) is 10.4 Å². The van der Waals surface area contributed by atoms with Gasteiger partial charge in [-0.2, -0.15) is 5.10 Å². The smallest absolute Gasteiger partial charge is 0.317 e. The molecule has 0 spiro atoms. The van der Waals surface area contributed by atoms with Gasteiger partial charge in [-0.15, -0.1) is 0 Å². The molecule has 2 amide bonds. The average molecular weight is 280 g/mol. The molecule has 1 saturated heterocycles. The van der Waals surface area contributed by atoms with E-state index in [9.17, 15) is 9.59 Å². The molecule has 0 aromatic carbocycles. The predicted octanol–water partition coefficient (Wildman–Crippen LogP) is 0.922. The number of carboxylic acid groups (broad SMARTS) is 1. The molecule has 0 radical (unpaired) electrons. The molecular weight excluding hydrogens is 260 g/mol. The van der Waals surface area contributed by atoms with Gasteiger partial charge >= 0.3 is 12.0 Å². The summed E-state index contributed by atoms with van der Waals surface area (Å²) in [7, 11) is 0. The number of hydrogen-bond acceptors (Lipinski definition) is 3. The van der Waals surface area contributed by atoms with Crippen molar-refractivity contribution in [1.29, 1.82) is 0 Å². The van der Waals surface area contributed by atoms with Crippen molar-refractivity contribution in [3.63, 3.8) is 0 Å². The van der Waals surface area contributed by atoms with E-state index in [4.69, 9.17) is 5.11 Å². The van der Waals surface area contributed by atoms with Crippen LogP contribution in [0.2, 0.25) is 0 Å². The van der Waals surface area contributed by atoms with E-state index in [1.807, 2.05) is 16.9 Å².